The van der Waals surface area contributed by atoms with Crippen LogP contribution < -0.4 is 4.74 Å². The second kappa shape index (κ2) is 10.1. The fraction of sp³-hybridized carbons (Fsp3) is 0.269. The topological polar surface area (TPSA) is 41.8 Å². The highest BCUT2D eigenvalue weighted by molar-refractivity contribution is 14.1. The quantitative estimate of drug-likeness (QED) is 0.212. The lowest BCUT2D eigenvalue weighted by Gasteiger charge is -2.28. The van der Waals surface area contributed by atoms with Gasteiger partial charge in [0.15, 0.2) is 0 Å². The van der Waals surface area contributed by atoms with Crippen LogP contribution in [0, 0.1) is 10.5 Å². The molecule has 0 aliphatic rings. The highest BCUT2D eigenvalue weighted by atomic mass is 127. The summed E-state index contributed by atoms with van der Waals surface area (Å²) in [6.07, 6.45) is 2.59. The molecule has 3 aromatic rings. The Morgan fingerprint density at radius 1 is 1.03 bits per heavy atom. The molecule has 0 spiro atoms. The zero-order valence-electron chi connectivity index (χ0n) is 17.7. The minimum atomic E-state index is -0.305. The first-order valence-electron chi connectivity index (χ1n) is 10.2. The van der Waals surface area contributed by atoms with Crippen LogP contribution in [0.2, 0.25) is 0 Å². The molecule has 0 saturated carbocycles. The van der Waals surface area contributed by atoms with Gasteiger partial charge in [0.2, 0.25) is 0 Å². The van der Waals surface area contributed by atoms with Crippen molar-refractivity contribution in [1.82, 2.24) is 0 Å². The van der Waals surface area contributed by atoms with Crippen molar-refractivity contribution in [3.05, 3.63) is 92.6 Å². The maximum atomic E-state index is 11.0. The summed E-state index contributed by atoms with van der Waals surface area (Å²) in [6.45, 7) is 7.59. The molecule has 0 fully saturated rings. The Morgan fingerprint density at radius 3 is 2.47 bits per heavy atom. The summed E-state index contributed by atoms with van der Waals surface area (Å²) in [5.74, 6) is 1.21. The van der Waals surface area contributed by atoms with Crippen LogP contribution in [0.3, 0.4) is 0 Å². The van der Waals surface area contributed by atoms with Crippen LogP contribution >= 0.6 is 22.6 Å². The predicted molar refractivity (Wildman–Crippen MR) is 133 cm³/mol. The van der Waals surface area contributed by atoms with Crippen LogP contribution in [0.1, 0.15) is 42.5 Å². The molecule has 30 heavy (non-hydrogen) atoms. The number of nitrogens with zero attached hydrogens (tertiary/aromatic N) is 1. The van der Waals surface area contributed by atoms with E-state index in [9.17, 15) is 5.11 Å². The molecule has 0 amide bonds. The van der Waals surface area contributed by atoms with Gasteiger partial charge in [-0.1, -0.05) is 62.4 Å². The molecule has 3 rings (SSSR count). The summed E-state index contributed by atoms with van der Waals surface area (Å²) in [7, 11) is 0. The van der Waals surface area contributed by atoms with Gasteiger partial charge >= 0.3 is 0 Å². The fourth-order valence-electron chi connectivity index (χ4n) is 3.45. The number of benzene rings is 3. The van der Waals surface area contributed by atoms with Crippen molar-refractivity contribution < 1.29 is 9.84 Å². The molecule has 0 atom stereocenters. The number of ether oxygens (including phenoxy) is 1. The Hall–Kier alpha value is -2.34. The van der Waals surface area contributed by atoms with Crippen LogP contribution in [0.5, 0.6) is 11.5 Å². The minimum Gasteiger partial charge on any atom is -0.507 e. The molecular formula is C26H28INO2. The number of aryl methyl sites for hydroxylation is 1. The number of para-hydroxylation sites is 1. The first-order chi connectivity index (χ1) is 14.4. The van der Waals surface area contributed by atoms with E-state index in [0.717, 1.165) is 32.4 Å². The average molecular weight is 513 g/mol. The van der Waals surface area contributed by atoms with Crippen LogP contribution in [-0.4, -0.2) is 24.5 Å². The second-order valence-corrected chi connectivity index (χ2v) is 9.07. The minimum absolute atomic E-state index is 0.299. The standard InChI is InChI=1S/C26H28INO2/c1-19-16-20(18-28-14-9-15-30-24-13-8-7-12-23(24)27)25(29)22(17-19)26(2,3)21-10-5-4-6-11-21/h4-8,10-13,16-18,29H,9,14-15H2,1-3H3. The smallest absolute Gasteiger partial charge is 0.132 e. The monoisotopic (exact) mass is 513 g/mol. The third kappa shape index (κ3) is 5.42. The van der Waals surface area contributed by atoms with Crippen LogP contribution in [-0.2, 0) is 5.41 Å². The lowest BCUT2D eigenvalue weighted by atomic mass is 9.76. The molecule has 0 heterocycles. The number of phenols is 1. The van der Waals surface area contributed by atoms with E-state index in [1.54, 1.807) is 6.21 Å². The molecule has 156 valence electrons. The summed E-state index contributed by atoms with van der Waals surface area (Å²) in [4.78, 5) is 4.53. The van der Waals surface area contributed by atoms with E-state index in [1.165, 1.54) is 5.56 Å². The molecule has 0 bridgehead atoms. The van der Waals surface area contributed by atoms with Gasteiger partial charge in [-0.2, -0.15) is 0 Å². The first kappa shape index (κ1) is 22.3. The van der Waals surface area contributed by atoms with E-state index in [1.807, 2.05) is 48.5 Å². The van der Waals surface area contributed by atoms with Crippen molar-refractivity contribution in [2.75, 3.05) is 13.2 Å². The first-order valence-corrected chi connectivity index (χ1v) is 11.2. The van der Waals surface area contributed by atoms with Gasteiger partial charge in [-0.25, -0.2) is 0 Å². The van der Waals surface area contributed by atoms with Crippen molar-refractivity contribution >= 4 is 28.8 Å². The summed E-state index contributed by atoms with van der Waals surface area (Å²) in [5.41, 5.74) is 3.64. The van der Waals surface area contributed by atoms with E-state index in [-0.39, 0.29) is 5.41 Å². The van der Waals surface area contributed by atoms with Gasteiger partial charge < -0.3 is 9.84 Å². The Morgan fingerprint density at radius 2 is 1.73 bits per heavy atom. The third-order valence-electron chi connectivity index (χ3n) is 5.21. The molecule has 3 aromatic carbocycles. The van der Waals surface area contributed by atoms with E-state index in [4.69, 9.17) is 4.74 Å². The second-order valence-electron chi connectivity index (χ2n) is 7.91. The summed E-state index contributed by atoms with van der Waals surface area (Å²) in [6, 6.07) is 22.3. The molecule has 0 aromatic heterocycles. The SMILES string of the molecule is Cc1cc(C=NCCCOc2ccccc2I)c(O)c(C(C)(C)c2ccccc2)c1. The molecule has 0 aliphatic carbocycles. The van der Waals surface area contributed by atoms with Crippen LogP contribution in [0.25, 0.3) is 0 Å². The number of halogens is 1. The number of aliphatic imine (C=N–C) groups is 1. The van der Waals surface area contributed by atoms with Gasteiger partial charge in [-0.3, -0.25) is 4.99 Å². The molecule has 4 heteroatoms. The molecule has 0 unspecified atom stereocenters. The van der Waals surface area contributed by atoms with Crippen LogP contribution in [0.15, 0.2) is 71.7 Å². The van der Waals surface area contributed by atoms with E-state index in [0.29, 0.717) is 18.9 Å². The van der Waals surface area contributed by atoms with E-state index in [2.05, 4.69) is 66.6 Å². The van der Waals surface area contributed by atoms with Crippen LogP contribution in [0.4, 0.5) is 0 Å². The number of aromatic hydroxyl groups is 1. The van der Waals surface area contributed by atoms with Gasteiger partial charge in [0.1, 0.15) is 11.5 Å². The highest BCUT2D eigenvalue weighted by Crippen LogP contribution is 2.38. The van der Waals surface area contributed by atoms with E-state index < -0.39 is 0 Å². The summed E-state index contributed by atoms with van der Waals surface area (Å²) in [5, 5.41) is 11.0. The Balaban J connectivity index is 1.67. The Bertz CT molecular complexity index is 1010. The maximum absolute atomic E-state index is 11.0. The average Bonchev–Trinajstić information content (AvgIpc) is 2.74. The maximum Gasteiger partial charge on any atom is 0.132 e. The van der Waals surface area contributed by atoms with Crippen molar-refractivity contribution in [2.24, 2.45) is 4.99 Å². The normalized spacial score (nSPS) is 11.7. The van der Waals surface area contributed by atoms with Gasteiger partial charge in [0, 0.05) is 35.7 Å². The van der Waals surface area contributed by atoms with E-state index >= 15 is 0 Å². The Labute approximate surface area is 193 Å². The van der Waals surface area contributed by atoms with Gasteiger partial charge in [-0.05, 0) is 58.8 Å². The number of rotatable bonds is 8. The number of hydrogen-bond donors (Lipinski definition) is 1. The third-order valence-corrected chi connectivity index (χ3v) is 6.10. The van der Waals surface area contributed by atoms with Gasteiger partial charge in [0.05, 0.1) is 10.2 Å². The number of hydrogen-bond acceptors (Lipinski definition) is 3. The molecule has 3 nitrogen and oxygen atoms in total. The Kier molecular flexibility index (Phi) is 7.53. The molecular weight excluding hydrogens is 485 g/mol. The predicted octanol–water partition coefficient (Wildman–Crippen LogP) is 6.52. The molecule has 0 aliphatic heterocycles. The summed E-state index contributed by atoms with van der Waals surface area (Å²) >= 11 is 2.27. The van der Waals surface area contributed by atoms with Crippen molar-refractivity contribution in [3.8, 4) is 11.5 Å². The highest BCUT2D eigenvalue weighted by Gasteiger charge is 2.27. The van der Waals surface area contributed by atoms with Crippen molar-refractivity contribution in [1.29, 1.82) is 0 Å². The summed E-state index contributed by atoms with van der Waals surface area (Å²) < 4.78 is 6.92. The van der Waals surface area contributed by atoms with Gasteiger partial charge in [-0.15, -0.1) is 0 Å². The largest absolute Gasteiger partial charge is 0.507 e. The molecule has 0 saturated heterocycles. The molecule has 1 N–H and O–H groups in total. The van der Waals surface area contributed by atoms with Gasteiger partial charge in [0.25, 0.3) is 0 Å². The lowest BCUT2D eigenvalue weighted by molar-refractivity contribution is 0.311. The lowest BCUT2D eigenvalue weighted by Crippen LogP contribution is -2.19. The molecule has 0 radical (unpaired) electrons. The zero-order valence-corrected chi connectivity index (χ0v) is 19.9. The number of phenolic OH excluding ortho intramolecular Hbond substituents is 1. The van der Waals surface area contributed by atoms with Crippen molar-refractivity contribution in [3.63, 3.8) is 0 Å². The van der Waals surface area contributed by atoms with Crippen molar-refractivity contribution in [2.45, 2.75) is 32.6 Å². The zero-order chi connectivity index (χ0) is 21.6. The fourth-order valence-corrected chi connectivity index (χ4v) is 4.00.